The van der Waals surface area contributed by atoms with Crippen LogP contribution in [0.15, 0.2) is 36.5 Å². The number of fused-ring (bicyclic) bond motifs is 3. The summed E-state index contributed by atoms with van der Waals surface area (Å²) in [6, 6.07) is 8.22. The van der Waals surface area contributed by atoms with Gasteiger partial charge in [0, 0.05) is 18.5 Å². The van der Waals surface area contributed by atoms with E-state index in [1.54, 1.807) is 0 Å². The number of piperidine rings is 1. The van der Waals surface area contributed by atoms with Gasteiger partial charge >= 0.3 is 5.97 Å². The second-order valence-electron chi connectivity index (χ2n) is 10.3. The van der Waals surface area contributed by atoms with Crippen LogP contribution in [0.1, 0.15) is 53.2 Å². The molecule has 3 atom stereocenters. The molecule has 1 aliphatic heterocycles. The SMILES string of the molecule is O=C(O)c1cc(F)c2nc(N3C[C@@H]4C[C@H]3C[C@H]4OCc3c(C4CC4)cnn3-c3c(Cl)cccc3Cl)sc2c1. The lowest BCUT2D eigenvalue weighted by Gasteiger charge is -2.31. The molecule has 0 amide bonds. The Kier molecular flexibility index (Phi) is 5.88. The van der Waals surface area contributed by atoms with Crippen molar-refractivity contribution in [3.05, 3.63) is 69.2 Å². The van der Waals surface area contributed by atoms with Crippen LogP contribution in [-0.2, 0) is 11.3 Å². The first-order chi connectivity index (χ1) is 18.4. The molecule has 0 spiro atoms. The minimum absolute atomic E-state index is 0.0653. The smallest absolute Gasteiger partial charge is 0.335 e. The fourth-order valence-electron chi connectivity index (χ4n) is 5.90. The van der Waals surface area contributed by atoms with E-state index in [1.807, 2.05) is 29.1 Å². The maximum atomic E-state index is 14.5. The highest BCUT2D eigenvalue weighted by molar-refractivity contribution is 7.22. The van der Waals surface area contributed by atoms with E-state index in [-0.39, 0.29) is 23.2 Å². The molecule has 1 saturated heterocycles. The molecular formula is C27H23Cl2FN4O3S. The number of nitrogens with zero attached hydrogens (tertiary/aromatic N) is 4. The number of para-hydroxylation sites is 1. The lowest BCUT2D eigenvalue weighted by Crippen LogP contribution is -2.38. The Hall–Kier alpha value is -2.72. The van der Waals surface area contributed by atoms with Gasteiger partial charge in [-0.15, -0.1) is 0 Å². The van der Waals surface area contributed by atoms with E-state index >= 15 is 0 Å². The lowest BCUT2D eigenvalue weighted by molar-refractivity contribution is 0.00993. The van der Waals surface area contributed by atoms with E-state index in [2.05, 4.69) is 15.0 Å². The van der Waals surface area contributed by atoms with E-state index < -0.39 is 11.8 Å². The van der Waals surface area contributed by atoms with E-state index in [4.69, 9.17) is 27.9 Å². The highest BCUT2D eigenvalue weighted by atomic mass is 35.5. The van der Waals surface area contributed by atoms with Gasteiger partial charge in [-0.2, -0.15) is 5.10 Å². The number of ether oxygens (including phenoxy) is 1. The van der Waals surface area contributed by atoms with Gasteiger partial charge in [0.2, 0.25) is 0 Å². The summed E-state index contributed by atoms with van der Waals surface area (Å²) in [4.78, 5) is 18.1. The maximum absolute atomic E-state index is 14.5. The third-order valence-electron chi connectivity index (χ3n) is 7.91. The van der Waals surface area contributed by atoms with Crippen molar-refractivity contribution >= 4 is 55.9 Å². The number of hydrogen-bond acceptors (Lipinski definition) is 6. The third-order valence-corrected chi connectivity index (χ3v) is 9.56. The largest absolute Gasteiger partial charge is 0.478 e. The molecule has 1 N–H and O–H groups in total. The molecule has 3 aliphatic rings. The van der Waals surface area contributed by atoms with Crippen molar-refractivity contribution in [2.45, 2.75) is 50.4 Å². The number of carboxylic acid groups (broad SMARTS) is 1. The summed E-state index contributed by atoms with van der Waals surface area (Å²) in [6.45, 7) is 1.19. The second kappa shape index (κ2) is 9.19. The number of carboxylic acids is 1. The van der Waals surface area contributed by atoms with Crippen LogP contribution in [0.4, 0.5) is 9.52 Å². The summed E-state index contributed by atoms with van der Waals surface area (Å²) in [5.41, 5.74) is 3.03. The summed E-state index contributed by atoms with van der Waals surface area (Å²) in [6.07, 6.45) is 6.14. The lowest BCUT2D eigenvalue weighted by atomic mass is 10.1. The normalized spacial score (nSPS) is 22.6. The minimum Gasteiger partial charge on any atom is -0.478 e. The average molecular weight is 573 g/mol. The monoisotopic (exact) mass is 572 g/mol. The first kappa shape index (κ1) is 24.3. The van der Waals surface area contributed by atoms with Crippen LogP contribution >= 0.6 is 34.5 Å². The Morgan fingerprint density at radius 3 is 2.68 bits per heavy atom. The van der Waals surface area contributed by atoms with Gasteiger partial charge in [-0.25, -0.2) is 18.9 Å². The van der Waals surface area contributed by atoms with Crippen molar-refractivity contribution < 1.29 is 19.0 Å². The molecule has 196 valence electrons. The van der Waals surface area contributed by atoms with Crippen LogP contribution in [0, 0.1) is 11.7 Å². The molecule has 7 nitrogen and oxygen atoms in total. The minimum atomic E-state index is -1.15. The number of halogens is 3. The molecule has 0 radical (unpaired) electrons. The summed E-state index contributed by atoms with van der Waals surface area (Å²) in [5.74, 6) is -0.921. The number of aromatic carboxylic acids is 1. The number of rotatable bonds is 7. The molecule has 2 aromatic heterocycles. The zero-order valence-electron chi connectivity index (χ0n) is 20.1. The molecular weight excluding hydrogens is 550 g/mol. The fourth-order valence-corrected chi connectivity index (χ4v) is 7.56. The standard InChI is InChI=1S/C27H23Cl2FN4O3S/c28-18-2-1-3-19(29)25(18)34-21(17(10-31-34)13-4-5-13)12-37-22-9-16-6-15(22)11-33(16)27-32-24-20(30)7-14(26(35)36)8-23(24)38-27/h1-3,7-8,10,13,15-16,22H,4-6,9,11-12H2,(H,35,36)/t15-,16-,22+/m0/s1. The molecule has 38 heavy (non-hydrogen) atoms. The first-order valence-electron chi connectivity index (χ1n) is 12.6. The Labute approximate surface area is 231 Å². The van der Waals surface area contributed by atoms with E-state index in [0.29, 0.717) is 38.9 Å². The molecule has 11 heteroatoms. The summed E-state index contributed by atoms with van der Waals surface area (Å²) < 4.78 is 23.4. The number of benzene rings is 2. The number of hydrogen-bond donors (Lipinski definition) is 1. The van der Waals surface area contributed by atoms with Crippen LogP contribution in [0.25, 0.3) is 15.9 Å². The average Bonchev–Trinajstić information content (AvgIpc) is 3.22. The highest BCUT2D eigenvalue weighted by Gasteiger charge is 2.46. The zero-order chi connectivity index (χ0) is 26.1. The summed E-state index contributed by atoms with van der Waals surface area (Å²) in [5, 5.41) is 15.7. The predicted octanol–water partition coefficient (Wildman–Crippen LogP) is 6.69. The van der Waals surface area contributed by atoms with Crippen molar-refractivity contribution in [3.8, 4) is 5.69 Å². The summed E-state index contributed by atoms with van der Waals surface area (Å²) >= 11 is 14.4. The van der Waals surface area contributed by atoms with Gasteiger partial charge in [-0.3, -0.25) is 0 Å². The Morgan fingerprint density at radius 1 is 1.21 bits per heavy atom. The van der Waals surface area contributed by atoms with E-state index in [0.717, 1.165) is 49.1 Å². The maximum Gasteiger partial charge on any atom is 0.335 e. The van der Waals surface area contributed by atoms with Crippen molar-refractivity contribution in [3.63, 3.8) is 0 Å². The molecule has 7 rings (SSSR count). The molecule has 2 saturated carbocycles. The van der Waals surface area contributed by atoms with E-state index in [9.17, 15) is 14.3 Å². The van der Waals surface area contributed by atoms with Crippen LogP contribution in [0.3, 0.4) is 0 Å². The number of aromatic nitrogens is 3. The molecule has 3 heterocycles. The molecule has 0 unspecified atom stereocenters. The second-order valence-corrected chi connectivity index (χ2v) is 12.1. The van der Waals surface area contributed by atoms with Crippen molar-refractivity contribution in [1.29, 1.82) is 0 Å². The quantitative estimate of drug-likeness (QED) is 0.266. The molecule has 2 aliphatic carbocycles. The topological polar surface area (TPSA) is 80.5 Å². The van der Waals surface area contributed by atoms with Gasteiger partial charge in [0.05, 0.1) is 44.9 Å². The number of thiazole rings is 1. The highest BCUT2D eigenvalue weighted by Crippen LogP contribution is 2.46. The van der Waals surface area contributed by atoms with E-state index in [1.165, 1.54) is 23.0 Å². The van der Waals surface area contributed by atoms with Crippen LogP contribution in [0.5, 0.6) is 0 Å². The zero-order valence-corrected chi connectivity index (χ0v) is 22.4. The fraction of sp³-hybridized carbons (Fsp3) is 0.370. The van der Waals surface area contributed by atoms with Gasteiger partial charge in [0.1, 0.15) is 11.2 Å². The Morgan fingerprint density at radius 2 is 2.00 bits per heavy atom. The van der Waals surface area contributed by atoms with Crippen LogP contribution < -0.4 is 4.90 Å². The van der Waals surface area contributed by atoms with Crippen molar-refractivity contribution in [2.24, 2.45) is 5.92 Å². The van der Waals surface area contributed by atoms with Crippen molar-refractivity contribution in [2.75, 3.05) is 11.4 Å². The summed E-state index contributed by atoms with van der Waals surface area (Å²) in [7, 11) is 0. The molecule has 2 bridgehead atoms. The molecule has 3 fully saturated rings. The number of carbonyl (C=O) groups is 1. The van der Waals surface area contributed by atoms with Gasteiger partial charge < -0.3 is 14.7 Å². The Balaban J connectivity index is 1.09. The van der Waals surface area contributed by atoms with Crippen LogP contribution in [-0.4, -0.2) is 44.5 Å². The number of anilines is 1. The van der Waals surface area contributed by atoms with Crippen LogP contribution in [0.2, 0.25) is 10.0 Å². The van der Waals surface area contributed by atoms with Gasteiger partial charge in [-0.1, -0.05) is 40.6 Å². The third kappa shape index (κ3) is 4.07. The van der Waals surface area contributed by atoms with Crippen molar-refractivity contribution in [1.82, 2.24) is 14.8 Å². The first-order valence-corrected chi connectivity index (χ1v) is 14.2. The van der Waals surface area contributed by atoms with Gasteiger partial charge in [0.15, 0.2) is 10.9 Å². The predicted molar refractivity (Wildman–Crippen MR) is 145 cm³/mol. The van der Waals surface area contributed by atoms with Gasteiger partial charge in [0.25, 0.3) is 0 Å². The molecule has 2 aromatic carbocycles. The molecule has 4 aromatic rings. The Bertz CT molecular complexity index is 1570. The van der Waals surface area contributed by atoms with Gasteiger partial charge in [-0.05, 0) is 61.4 Å².